The van der Waals surface area contributed by atoms with E-state index < -0.39 is 0 Å². The van der Waals surface area contributed by atoms with E-state index >= 15 is 0 Å². The average molecular weight is 446 g/mol. The maximum Gasteiger partial charge on any atom is 0.293 e. The van der Waals surface area contributed by atoms with Crippen LogP contribution in [0, 0.1) is 0 Å². The van der Waals surface area contributed by atoms with E-state index in [9.17, 15) is 9.59 Å². The van der Waals surface area contributed by atoms with Crippen LogP contribution in [0.3, 0.4) is 0 Å². The molecule has 1 fully saturated rings. The number of halogens is 1. The van der Waals surface area contributed by atoms with Crippen LogP contribution < -0.4 is 4.74 Å². The molecule has 0 unspecified atom stereocenters. The minimum absolute atomic E-state index is 0.0741. The second-order valence-electron chi connectivity index (χ2n) is 6.23. The molecule has 1 aliphatic heterocycles. The molecule has 1 heterocycles. The fraction of sp³-hybridized carbons (Fsp3) is 0.238. The minimum atomic E-state index is -0.279. The number of para-hydroxylation sites is 1. The molecule has 0 N–H and O–H groups in total. The van der Waals surface area contributed by atoms with Crippen LogP contribution in [-0.4, -0.2) is 22.2 Å². The van der Waals surface area contributed by atoms with Gasteiger partial charge in [0.25, 0.3) is 11.1 Å². The number of carbonyl (C=O) groups is 2. The SMILES string of the molecule is CC[C@H](C)Oc1ccccc1/C=C1/SC(=O)N(Cc2ccccc2Br)C1=O. The second-order valence-corrected chi connectivity index (χ2v) is 8.08. The zero-order chi connectivity index (χ0) is 19.4. The van der Waals surface area contributed by atoms with Crippen molar-refractivity contribution < 1.29 is 14.3 Å². The van der Waals surface area contributed by atoms with E-state index in [0.29, 0.717) is 10.7 Å². The van der Waals surface area contributed by atoms with Crippen LogP contribution in [-0.2, 0) is 11.3 Å². The molecule has 0 radical (unpaired) electrons. The van der Waals surface area contributed by atoms with Crippen LogP contribution in [0.1, 0.15) is 31.4 Å². The molecule has 4 nitrogen and oxygen atoms in total. The van der Waals surface area contributed by atoms with Gasteiger partial charge in [-0.3, -0.25) is 14.5 Å². The van der Waals surface area contributed by atoms with E-state index in [4.69, 9.17) is 4.74 Å². The summed E-state index contributed by atoms with van der Waals surface area (Å²) in [7, 11) is 0. The van der Waals surface area contributed by atoms with Crippen molar-refractivity contribution >= 4 is 44.9 Å². The van der Waals surface area contributed by atoms with Gasteiger partial charge in [-0.25, -0.2) is 0 Å². The fourth-order valence-electron chi connectivity index (χ4n) is 2.58. The maximum absolute atomic E-state index is 12.8. The highest BCUT2D eigenvalue weighted by Gasteiger charge is 2.35. The van der Waals surface area contributed by atoms with Gasteiger partial charge in [-0.1, -0.05) is 59.3 Å². The number of thioether (sulfide) groups is 1. The van der Waals surface area contributed by atoms with Gasteiger partial charge < -0.3 is 4.74 Å². The largest absolute Gasteiger partial charge is 0.490 e. The number of amides is 2. The number of rotatable bonds is 6. The lowest BCUT2D eigenvalue weighted by Crippen LogP contribution is -2.27. The third-order valence-electron chi connectivity index (χ3n) is 4.27. The molecule has 1 aliphatic rings. The van der Waals surface area contributed by atoms with Crippen LogP contribution in [0.15, 0.2) is 57.9 Å². The molecule has 2 amide bonds. The summed E-state index contributed by atoms with van der Waals surface area (Å²) in [6.07, 6.45) is 2.70. The number of ether oxygens (including phenoxy) is 1. The van der Waals surface area contributed by atoms with Crippen LogP contribution >= 0.6 is 27.7 Å². The summed E-state index contributed by atoms with van der Waals surface area (Å²) in [5, 5.41) is -0.262. The van der Waals surface area contributed by atoms with Crippen molar-refractivity contribution in [1.82, 2.24) is 4.90 Å². The Morgan fingerprint density at radius 2 is 1.85 bits per heavy atom. The molecule has 6 heteroatoms. The van der Waals surface area contributed by atoms with E-state index in [2.05, 4.69) is 22.9 Å². The Labute approximate surface area is 171 Å². The summed E-state index contributed by atoms with van der Waals surface area (Å²) < 4.78 is 6.81. The molecular formula is C21H20BrNO3S. The van der Waals surface area contributed by atoms with E-state index in [-0.39, 0.29) is 23.8 Å². The lowest BCUT2D eigenvalue weighted by Gasteiger charge is -2.15. The average Bonchev–Trinajstić information content (AvgIpc) is 2.92. The summed E-state index contributed by atoms with van der Waals surface area (Å²) in [5.41, 5.74) is 1.69. The lowest BCUT2D eigenvalue weighted by molar-refractivity contribution is -0.123. The first-order valence-electron chi connectivity index (χ1n) is 8.74. The van der Waals surface area contributed by atoms with Gasteiger partial charge in [-0.05, 0) is 48.9 Å². The highest BCUT2D eigenvalue weighted by Crippen LogP contribution is 2.35. The number of imide groups is 1. The first kappa shape index (κ1) is 19.7. The zero-order valence-corrected chi connectivity index (χ0v) is 17.5. The Kier molecular flexibility index (Phi) is 6.39. The number of hydrogen-bond donors (Lipinski definition) is 0. The standard InChI is InChI=1S/C21H20BrNO3S/c1-3-14(2)26-18-11-7-5-8-15(18)12-19-20(24)23(21(25)27-19)13-16-9-4-6-10-17(16)22/h4-12,14H,3,13H2,1-2H3/b19-12+/t14-/m0/s1. The molecular weight excluding hydrogens is 426 g/mol. The smallest absolute Gasteiger partial charge is 0.293 e. The summed E-state index contributed by atoms with van der Waals surface area (Å²) in [6, 6.07) is 15.1. The van der Waals surface area contributed by atoms with Crippen LogP contribution in [0.4, 0.5) is 4.79 Å². The molecule has 2 aromatic rings. The van der Waals surface area contributed by atoms with Crippen molar-refractivity contribution in [1.29, 1.82) is 0 Å². The molecule has 0 bridgehead atoms. The van der Waals surface area contributed by atoms with Crippen molar-refractivity contribution in [2.75, 3.05) is 0 Å². The second kappa shape index (κ2) is 8.76. The third-order valence-corrected chi connectivity index (χ3v) is 5.95. The van der Waals surface area contributed by atoms with Gasteiger partial charge in [0.05, 0.1) is 17.6 Å². The number of nitrogens with zero attached hydrogens (tertiary/aromatic N) is 1. The monoisotopic (exact) mass is 445 g/mol. The van der Waals surface area contributed by atoms with E-state index in [1.54, 1.807) is 6.08 Å². The van der Waals surface area contributed by atoms with Crippen molar-refractivity contribution in [3.05, 3.63) is 69.0 Å². The van der Waals surface area contributed by atoms with Gasteiger partial charge >= 0.3 is 0 Å². The van der Waals surface area contributed by atoms with Gasteiger partial charge in [-0.15, -0.1) is 0 Å². The summed E-state index contributed by atoms with van der Waals surface area (Å²) >= 11 is 4.43. The Morgan fingerprint density at radius 3 is 2.59 bits per heavy atom. The van der Waals surface area contributed by atoms with E-state index in [1.165, 1.54) is 4.90 Å². The normalized spacial score (nSPS) is 16.9. The van der Waals surface area contributed by atoms with Gasteiger partial charge in [-0.2, -0.15) is 0 Å². The van der Waals surface area contributed by atoms with Crippen molar-refractivity contribution in [3.63, 3.8) is 0 Å². The predicted octanol–water partition coefficient (Wildman–Crippen LogP) is 5.86. The maximum atomic E-state index is 12.8. The summed E-state index contributed by atoms with van der Waals surface area (Å²) in [5.74, 6) is 0.434. The summed E-state index contributed by atoms with van der Waals surface area (Å²) in [4.78, 5) is 26.9. The van der Waals surface area contributed by atoms with Crippen LogP contribution in [0.2, 0.25) is 0 Å². The molecule has 0 saturated carbocycles. The Bertz CT molecular complexity index is 897. The van der Waals surface area contributed by atoms with Crippen LogP contribution in [0.25, 0.3) is 6.08 Å². The van der Waals surface area contributed by atoms with E-state index in [0.717, 1.165) is 33.8 Å². The number of benzene rings is 2. The molecule has 0 aliphatic carbocycles. The lowest BCUT2D eigenvalue weighted by atomic mass is 10.1. The molecule has 1 atom stereocenters. The van der Waals surface area contributed by atoms with E-state index in [1.807, 2.05) is 55.5 Å². The van der Waals surface area contributed by atoms with Crippen molar-refractivity contribution in [2.24, 2.45) is 0 Å². The van der Waals surface area contributed by atoms with Gasteiger partial charge in [0.1, 0.15) is 5.75 Å². The highest BCUT2D eigenvalue weighted by molar-refractivity contribution is 9.10. The first-order valence-corrected chi connectivity index (χ1v) is 10.3. The molecule has 140 valence electrons. The molecule has 0 aromatic heterocycles. The molecule has 2 aromatic carbocycles. The topological polar surface area (TPSA) is 46.6 Å². The zero-order valence-electron chi connectivity index (χ0n) is 15.1. The van der Waals surface area contributed by atoms with Crippen LogP contribution in [0.5, 0.6) is 5.75 Å². The molecule has 27 heavy (non-hydrogen) atoms. The number of hydrogen-bond acceptors (Lipinski definition) is 4. The summed E-state index contributed by atoms with van der Waals surface area (Å²) in [6.45, 7) is 4.30. The fourth-order valence-corrected chi connectivity index (χ4v) is 3.82. The van der Waals surface area contributed by atoms with Gasteiger partial charge in [0, 0.05) is 10.0 Å². The van der Waals surface area contributed by atoms with Gasteiger partial charge in [0.2, 0.25) is 0 Å². The Hall–Kier alpha value is -2.05. The first-order chi connectivity index (χ1) is 13.0. The quantitative estimate of drug-likeness (QED) is 0.522. The molecule has 1 saturated heterocycles. The Balaban J connectivity index is 1.84. The highest BCUT2D eigenvalue weighted by atomic mass is 79.9. The molecule has 3 rings (SSSR count). The third kappa shape index (κ3) is 4.62. The predicted molar refractivity (Wildman–Crippen MR) is 112 cm³/mol. The molecule has 0 spiro atoms. The Morgan fingerprint density at radius 1 is 1.15 bits per heavy atom. The minimum Gasteiger partial charge on any atom is -0.490 e. The van der Waals surface area contributed by atoms with Crippen molar-refractivity contribution in [2.45, 2.75) is 32.9 Å². The number of carbonyl (C=O) groups excluding carboxylic acids is 2. The van der Waals surface area contributed by atoms with Gasteiger partial charge in [0.15, 0.2) is 0 Å². The van der Waals surface area contributed by atoms with Crippen molar-refractivity contribution in [3.8, 4) is 5.75 Å².